The average Bonchev–Trinajstić information content (AvgIpc) is 2.95. The molecule has 0 aromatic carbocycles. The quantitative estimate of drug-likeness (QED) is 0.646. The van der Waals surface area contributed by atoms with E-state index in [2.05, 4.69) is 17.1 Å². The van der Waals surface area contributed by atoms with Gasteiger partial charge < -0.3 is 20.1 Å². The van der Waals surface area contributed by atoms with Gasteiger partial charge in [-0.1, -0.05) is 19.8 Å². The SMILES string of the molecule is CCCCC(CCCO)OC(=O)NCCN1CCCC1. The zero-order valence-corrected chi connectivity index (χ0v) is 12.8. The molecule has 1 rings (SSSR count). The smallest absolute Gasteiger partial charge is 0.407 e. The van der Waals surface area contributed by atoms with Crippen LogP contribution in [0.1, 0.15) is 51.9 Å². The average molecular weight is 286 g/mol. The van der Waals surface area contributed by atoms with Crippen molar-refractivity contribution in [2.24, 2.45) is 0 Å². The number of hydrogen-bond acceptors (Lipinski definition) is 4. The standard InChI is InChI=1S/C15H30N2O3/c1-2-3-7-14(8-6-13-18)20-15(19)16-9-12-17-10-4-5-11-17/h14,18H,2-13H2,1H3,(H,16,19). The van der Waals surface area contributed by atoms with Crippen LogP contribution in [0.4, 0.5) is 4.79 Å². The molecule has 0 saturated carbocycles. The minimum Gasteiger partial charge on any atom is -0.446 e. The minimum atomic E-state index is -0.316. The summed E-state index contributed by atoms with van der Waals surface area (Å²) in [6.45, 7) is 6.13. The fourth-order valence-corrected chi connectivity index (χ4v) is 2.53. The number of likely N-dealkylation sites (tertiary alicyclic amines) is 1. The molecule has 1 aliphatic heterocycles. The number of carbonyl (C=O) groups excluding carboxylic acids is 1. The molecule has 1 unspecified atom stereocenters. The molecule has 5 nitrogen and oxygen atoms in total. The molecule has 20 heavy (non-hydrogen) atoms. The number of aliphatic hydroxyl groups is 1. The number of nitrogens with one attached hydrogen (secondary N) is 1. The number of carbonyl (C=O) groups is 1. The zero-order valence-electron chi connectivity index (χ0n) is 12.8. The number of ether oxygens (including phenoxy) is 1. The van der Waals surface area contributed by atoms with Crippen molar-refractivity contribution in [3.63, 3.8) is 0 Å². The van der Waals surface area contributed by atoms with Gasteiger partial charge in [0, 0.05) is 19.7 Å². The van der Waals surface area contributed by atoms with Gasteiger partial charge in [-0.05, 0) is 45.2 Å². The fourth-order valence-electron chi connectivity index (χ4n) is 2.53. The first kappa shape index (κ1) is 17.2. The number of hydrogen-bond donors (Lipinski definition) is 2. The van der Waals surface area contributed by atoms with Crippen molar-refractivity contribution in [2.75, 3.05) is 32.8 Å². The van der Waals surface area contributed by atoms with E-state index in [0.29, 0.717) is 13.0 Å². The molecule has 1 aliphatic rings. The highest BCUT2D eigenvalue weighted by atomic mass is 16.6. The fraction of sp³-hybridized carbons (Fsp3) is 0.933. The Morgan fingerprint density at radius 3 is 2.65 bits per heavy atom. The van der Waals surface area contributed by atoms with Gasteiger partial charge in [0.15, 0.2) is 0 Å². The molecule has 0 aromatic heterocycles. The van der Waals surface area contributed by atoms with Crippen molar-refractivity contribution in [1.82, 2.24) is 10.2 Å². The molecule has 5 heteroatoms. The highest BCUT2D eigenvalue weighted by Gasteiger charge is 2.15. The number of amides is 1. The van der Waals surface area contributed by atoms with Gasteiger partial charge in [-0.15, -0.1) is 0 Å². The first-order chi connectivity index (χ1) is 9.76. The van der Waals surface area contributed by atoms with Crippen molar-refractivity contribution >= 4 is 6.09 Å². The van der Waals surface area contributed by atoms with E-state index in [0.717, 1.165) is 45.3 Å². The predicted molar refractivity (Wildman–Crippen MR) is 79.8 cm³/mol. The molecule has 0 spiro atoms. The van der Waals surface area contributed by atoms with Crippen LogP contribution < -0.4 is 5.32 Å². The first-order valence-corrected chi connectivity index (χ1v) is 8.04. The molecule has 2 N–H and O–H groups in total. The van der Waals surface area contributed by atoms with E-state index in [9.17, 15) is 4.79 Å². The third-order valence-electron chi connectivity index (χ3n) is 3.73. The van der Waals surface area contributed by atoms with Crippen molar-refractivity contribution in [3.05, 3.63) is 0 Å². The number of aliphatic hydroxyl groups excluding tert-OH is 1. The van der Waals surface area contributed by atoms with Gasteiger partial charge in [0.25, 0.3) is 0 Å². The van der Waals surface area contributed by atoms with Crippen LogP contribution in [0.3, 0.4) is 0 Å². The van der Waals surface area contributed by atoms with Gasteiger partial charge in [0.1, 0.15) is 6.10 Å². The van der Waals surface area contributed by atoms with Crippen LogP contribution in [0, 0.1) is 0 Å². The molecule has 1 saturated heterocycles. The molecule has 1 amide bonds. The second-order valence-corrected chi connectivity index (χ2v) is 5.51. The molecular formula is C15H30N2O3. The Morgan fingerprint density at radius 2 is 2.00 bits per heavy atom. The second-order valence-electron chi connectivity index (χ2n) is 5.51. The number of alkyl carbamates (subject to hydrolysis) is 1. The number of unbranched alkanes of at least 4 members (excludes halogenated alkanes) is 1. The maximum atomic E-state index is 11.7. The lowest BCUT2D eigenvalue weighted by Crippen LogP contribution is -2.35. The maximum Gasteiger partial charge on any atom is 0.407 e. The number of rotatable bonds is 10. The summed E-state index contributed by atoms with van der Waals surface area (Å²) < 4.78 is 5.44. The number of nitrogens with zero attached hydrogens (tertiary/aromatic N) is 1. The lowest BCUT2D eigenvalue weighted by molar-refractivity contribution is 0.0807. The zero-order chi connectivity index (χ0) is 14.6. The lowest BCUT2D eigenvalue weighted by Gasteiger charge is -2.19. The normalized spacial score (nSPS) is 17.1. The monoisotopic (exact) mass is 286 g/mol. The Bertz CT molecular complexity index is 248. The van der Waals surface area contributed by atoms with Crippen LogP contribution in [0.2, 0.25) is 0 Å². The largest absolute Gasteiger partial charge is 0.446 e. The van der Waals surface area contributed by atoms with E-state index in [1.165, 1.54) is 12.8 Å². The minimum absolute atomic E-state index is 0.0612. The molecule has 0 radical (unpaired) electrons. The lowest BCUT2D eigenvalue weighted by atomic mass is 10.1. The van der Waals surface area contributed by atoms with E-state index in [4.69, 9.17) is 9.84 Å². The Balaban J connectivity index is 2.14. The summed E-state index contributed by atoms with van der Waals surface area (Å²) >= 11 is 0. The third kappa shape index (κ3) is 7.70. The molecule has 1 heterocycles. The topological polar surface area (TPSA) is 61.8 Å². The summed E-state index contributed by atoms with van der Waals surface area (Å²) in [4.78, 5) is 14.1. The predicted octanol–water partition coefficient (Wildman–Crippen LogP) is 2.14. The second kappa shape index (κ2) is 10.9. The van der Waals surface area contributed by atoms with Gasteiger partial charge in [-0.25, -0.2) is 4.79 Å². The van der Waals surface area contributed by atoms with Gasteiger partial charge in [-0.3, -0.25) is 0 Å². The van der Waals surface area contributed by atoms with Crippen molar-refractivity contribution in [3.8, 4) is 0 Å². The van der Waals surface area contributed by atoms with Crippen LogP contribution >= 0.6 is 0 Å². The van der Waals surface area contributed by atoms with Crippen LogP contribution in [0.5, 0.6) is 0 Å². The molecular weight excluding hydrogens is 256 g/mol. The van der Waals surface area contributed by atoms with E-state index in [-0.39, 0.29) is 18.8 Å². The van der Waals surface area contributed by atoms with Crippen LogP contribution in [-0.2, 0) is 4.74 Å². The molecule has 1 atom stereocenters. The van der Waals surface area contributed by atoms with E-state index < -0.39 is 0 Å². The van der Waals surface area contributed by atoms with Gasteiger partial charge >= 0.3 is 6.09 Å². The molecule has 0 aliphatic carbocycles. The third-order valence-corrected chi connectivity index (χ3v) is 3.73. The van der Waals surface area contributed by atoms with E-state index >= 15 is 0 Å². The van der Waals surface area contributed by atoms with Gasteiger partial charge in [0.2, 0.25) is 0 Å². The summed E-state index contributed by atoms with van der Waals surface area (Å²) in [5, 5.41) is 11.7. The van der Waals surface area contributed by atoms with Crippen LogP contribution in [0.25, 0.3) is 0 Å². The summed E-state index contributed by atoms with van der Waals surface area (Å²) in [6, 6.07) is 0. The van der Waals surface area contributed by atoms with E-state index in [1.807, 2.05) is 0 Å². The summed E-state index contributed by atoms with van der Waals surface area (Å²) in [6.07, 6.45) is 6.63. The van der Waals surface area contributed by atoms with Crippen molar-refractivity contribution in [1.29, 1.82) is 0 Å². The summed E-state index contributed by atoms with van der Waals surface area (Å²) in [5.41, 5.74) is 0. The highest BCUT2D eigenvalue weighted by molar-refractivity contribution is 5.67. The molecule has 1 fully saturated rings. The molecule has 0 aromatic rings. The first-order valence-electron chi connectivity index (χ1n) is 8.04. The Labute approximate surface area is 122 Å². The maximum absolute atomic E-state index is 11.7. The van der Waals surface area contributed by atoms with Crippen LogP contribution in [0.15, 0.2) is 0 Å². The van der Waals surface area contributed by atoms with Crippen LogP contribution in [-0.4, -0.2) is 55.0 Å². The Kier molecular flexibility index (Phi) is 9.41. The van der Waals surface area contributed by atoms with Crippen molar-refractivity contribution in [2.45, 2.75) is 58.0 Å². The summed E-state index contributed by atoms with van der Waals surface area (Å²) in [5.74, 6) is 0. The van der Waals surface area contributed by atoms with E-state index in [1.54, 1.807) is 0 Å². The Hall–Kier alpha value is -0.810. The van der Waals surface area contributed by atoms with Crippen molar-refractivity contribution < 1.29 is 14.6 Å². The molecule has 0 bridgehead atoms. The highest BCUT2D eigenvalue weighted by Crippen LogP contribution is 2.11. The molecule has 118 valence electrons. The van der Waals surface area contributed by atoms with Gasteiger partial charge in [-0.2, -0.15) is 0 Å². The Morgan fingerprint density at radius 1 is 1.30 bits per heavy atom. The summed E-state index contributed by atoms with van der Waals surface area (Å²) in [7, 11) is 0. The van der Waals surface area contributed by atoms with Gasteiger partial charge in [0.05, 0.1) is 0 Å².